The van der Waals surface area contributed by atoms with Crippen LogP contribution >= 0.6 is 0 Å². The normalized spacial score (nSPS) is 27.7. The van der Waals surface area contributed by atoms with Crippen LogP contribution in [0.25, 0.3) is 0 Å². The van der Waals surface area contributed by atoms with Gasteiger partial charge in [-0.25, -0.2) is 0 Å². The van der Waals surface area contributed by atoms with Crippen LogP contribution in [-0.4, -0.2) is 35.2 Å². The SMILES string of the molecule is Cc1ccc(CN(C)C2CCC(O)(CN)CC2)cc1. The number of hydrogen-bond acceptors (Lipinski definition) is 3. The minimum atomic E-state index is -0.610. The molecule has 3 N–H and O–H groups in total. The molecule has 0 saturated heterocycles. The fraction of sp³-hybridized carbons (Fsp3) is 0.625. The van der Waals surface area contributed by atoms with Gasteiger partial charge in [-0.3, -0.25) is 4.90 Å². The predicted molar refractivity (Wildman–Crippen MR) is 78.9 cm³/mol. The van der Waals surface area contributed by atoms with Gasteiger partial charge in [-0.05, 0) is 45.2 Å². The number of aliphatic hydroxyl groups is 1. The molecule has 0 bridgehead atoms. The smallest absolute Gasteiger partial charge is 0.0770 e. The van der Waals surface area contributed by atoms with Gasteiger partial charge in [0, 0.05) is 19.1 Å². The van der Waals surface area contributed by atoms with Gasteiger partial charge in [0.2, 0.25) is 0 Å². The average Bonchev–Trinajstić information content (AvgIpc) is 2.42. The minimum Gasteiger partial charge on any atom is -0.389 e. The van der Waals surface area contributed by atoms with Crippen LogP contribution in [0.2, 0.25) is 0 Å². The number of nitrogens with zero attached hydrogens (tertiary/aromatic N) is 1. The second kappa shape index (κ2) is 6.04. The zero-order valence-corrected chi connectivity index (χ0v) is 12.1. The van der Waals surface area contributed by atoms with E-state index in [0.29, 0.717) is 12.6 Å². The summed E-state index contributed by atoms with van der Waals surface area (Å²) in [5.74, 6) is 0. The summed E-state index contributed by atoms with van der Waals surface area (Å²) in [5, 5.41) is 10.2. The third-order valence-corrected chi connectivity index (χ3v) is 4.44. The second-order valence-corrected chi connectivity index (χ2v) is 6.06. The van der Waals surface area contributed by atoms with Crippen molar-refractivity contribution >= 4 is 0 Å². The molecule has 0 aromatic heterocycles. The molecule has 0 amide bonds. The maximum absolute atomic E-state index is 10.2. The van der Waals surface area contributed by atoms with Crippen LogP contribution in [-0.2, 0) is 6.54 Å². The Labute approximate surface area is 116 Å². The Hall–Kier alpha value is -0.900. The van der Waals surface area contributed by atoms with Crippen LogP contribution in [0.15, 0.2) is 24.3 Å². The quantitative estimate of drug-likeness (QED) is 0.873. The lowest BCUT2D eigenvalue weighted by Gasteiger charge is -2.39. The number of hydrogen-bond donors (Lipinski definition) is 2. The summed E-state index contributed by atoms with van der Waals surface area (Å²) in [7, 11) is 2.18. The summed E-state index contributed by atoms with van der Waals surface area (Å²) in [5.41, 5.74) is 7.68. The van der Waals surface area contributed by atoms with Gasteiger partial charge in [0.25, 0.3) is 0 Å². The Morgan fingerprint density at radius 2 is 1.84 bits per heavy atom. The number of rotatable bonds is 4. The lowest BCUT2D eigenvalue weighted by molar-refractivity contribution is -0.0104. The molecule has 0 aliphatic heterocycles. The van der Waals surface area contributed by atoms with E-state index in [0.717, 1.165) is 32.2 Å². The largest absolute Gasteiger partial charge is 0.389 e. The first-order chi connectivity index (χ1) is 9.02. The lowest BCUT2D eigenvalue weighted by Crippen LogP contribution is -2.45. The summed E-state index contributed by atoms with van der Waals surface area (Å²) >= 11 is 0. The summed E-state index contributed by atoms with van der Waals surface area (Å²) in [4.78, 5) is 2.40. The molecule has 1 fully saturated rings. The van der Waals surface area contributed by atoms with Gasteiger partial charge < -0.3 is 10.8 Å². The van der Waals surface area contributed by atoms with Crippen molar-refractivity contribution in [3.05, 3.63) is 35.4 Å². The van der Waals surface area contributed by atoms with Crippen molar-refractivity contribution < 1.29 is 5.11 Å². The zero-order chi connectivity index (χ0) is 13.9. The minimum absolute atomic E-state index is 0.390. The molecule has 0 radical (unpaired) electrons. The molecule has 0 spiro atoms. The fourth-order valence-electron chi connectivity index (χ4n) is 2.90. The number of aryl methyl sites for hydroxylation is 1. The van der Waals surface area contributed by atoms with E-state index in [-0.39, 0.29) is 0 Å². The highest BCUT2D eigenvalue weighted by Gasteiger charge is 2.33. The van der Waals surface area contributed by atoms with Crippen LogP contribution in [0.5, 0.6) is 0 Å². The van der Waals surface area contributed by atoms with E-state index in [1.165, 1.54) is 11.1 Å². The summed E-state index contributed by atoms with van der Waals surface area (Å²) in [6, 6.07) is 9.29. The van der Waals surface area contributed by atoms with Crippen molar-refractivity contribution in [2.45, 2.75) is 50.8 Å². The van der Waals surface area contributed by atoms with Crippen molar-refractivity contribution in [3.8, 4) is 0 Å². The Balaban J connectivity index is 1.87. The molecule has 2 rings (SSSR count). The summed E-state index contributed by atoms with van der Waals surface area (Å²) in [6.07, 6.45) is 3.73. The van der Waals surface area contributed by atoms with Gasteiger partial charge in [0.15, 0.2) is 0 Å². The van der Waals surface area contributed by atoms with E-state index in [4.69, 9.17) is 5.73 Å². The van der Waals surface area contributed by atoms with Gasteiger partial charge >= 0.3 is 0 Å². The molecule has 1 aromatic rings. The molecule has 19 heavy (non-hydrogen) atoms. The molecule has 0 heterocycles. The Kier molecular flexibility index (Phi) is 4.61. The first-order valence-electron chi connectivity index (χ1n) is 7.21. The second-order valence-electron chi connectivity index (χ2n) is 6.06. The molecule has 3 nitrogen and oxygen atoms in total. The average molecular weight is 262 g/mol. The lowest BCUT2D eigenvalue weighted by atomic mass is 9.81. The van der Waals surface area contributed by atoms with E-state index in [1.54, 1.807) is 0 Å². The summed E-state index contributed by atoms with van der Waals surface area (Å²) < 4.78 is 0. The third-order valence-electron chi connectivity index (χ3n) is 4.44. The zero-order valence-electron chi connectivity index (χ0n) is 12.1. The van der Waals surface area contributed by atoms with Crippen LogP contribution in [0.3, 0.4) is 0 Å². The fourth-order valence-corrected chi connectivity index (χ4v) is 2.90. The van der Waals surface area contributed by atoms with Crippen molar-refractivity contribution in [2.75, 3.05) is 13.6 Å². The highest BCUT2D eigenvalue weighted by atomic mass is 16.3. The monoisotopic (exact) mass is 262 g/mol. The molecule has 1 aliphatic rings. The Morgan fingerprint density at radius 3 is 2.37 bits per heavy atom. The Morgan fingerprint density at radius 1 is 1.26 bits per heavy atom. The molecule has 106 valence electrons. The molecule has 3 heteroatoms. The topological polar surface area (TPSA) is 49.5 Å². The molecule has 0 unspecified atom stereocenters. The maximum atomic E-state index is 10.2. The van der Waals surface area contributed by atoms with Crippen LogP contribution in [0.1, 0.15) is 36.8 Å². The number of nitrogens with two attached hydrogens (primary N) is 1. The molecule has 0 atom stereocenters. The van der Waals surface area contributed by atoms with E-state index >= 15 is 0 Å². The first kappa shape index (κ1) is 14.5. The van der Waals surface area contributed by atoms with Gasteiger partial charge in [-0.15, -0.1) is 0 Å². The van der Waals surface area contributed by atoms with Gasteiger partial charge in [0.05, 0.1) is 5.60 Å². The first-order valence-corrected chi connectivity index (χ1v) is 7.21. The van der Waals surface area contributed by atoms with Crippen molar-refractivity contribution in [1.82, 2.24) is 4.90 Å². The van der Waals surface area contributed by atoms with Crippen molar-refractivity contribution in [3.63, 3.8) is 0 Å². The third kappa shape index (κ3) is 3.78. The summed E-state index contributed by atoms with van der Waals surface area (Å²) in [6.45, 7) is 3.48. The Bertz CT molecular complexity index is 394. The highest BCUT2D eigenvalue weighted by Crippen LogP contribution is 2.30. The highest BCUT2D eigenvalue weighted by molar-refractivity contribution is 5.21. The van der Waals surface area contributed by atoms with Crippen LogP contribution in [0.4, 0.5) is 0 Å². The van der Waals surface area contributed by atoms with E-state index in [9.17, 15) is 5.11 Å². The maximum Gasteiger partial charge on any atom is 0.0770 e. The molecule has 1 aromatic carbocycles. The van der Waals surface area contributed by atoms with Crippen molar-refractivity contribution in [2.24, 2.45) is 5.73 Å². The van der Waals surface area contributed by atoms with Crippen LogP contribution in [0, 0.1) is 6.92 Å². The predicted octanol–water partition coefficient (Wildman–Crippen LogP) is 2.06. The van der Waals surface area contributed by atoms with Gasteiger partial charge in [-0.1, -0.05) is 29.8 Å². The molecular formula is C16H26N2O. The number of benzene rings is 1. The van der Waals surface area contributed by atoms with Crippen molar-refractivity contribution in [1.29, 1.82) is 0 Å². The van der Waals surface area contributed by atoms with Gasteiger partial charge in [0.1, 0.15) is 0 Å². The van der Waals surface area contributed by atoms with E-state index in [1.807, 2.05) is 0 Å². The van der Waals surface area contributed by atoms with Gasteiger partial charge in [-0.2, -0.15) is 0 Å². The molecular weight excluding hydrogens is 236 g/mol. The molecule has 1 aliphatic carbocycles. The van der Waals surface area contributed by atoms with E-state index < -0.39 is 5.60 Å². The van der Waals surface area contributed by atoms with Crippen LogP contribution < -0.4 is 5.73 Å². The van der Waals surface area contributed by atoms with E-state index in [2.05, 4.69) is 43.1 Å². The molecule has 1 saturated carbocycles. The standard InChI is InChI=1S/C16H26N2O/c1-13-3-5-14(6-4-13)11-18(2)15-7-9-16(19,12-17)10-8-15/h3-6,15,19H,7-12,17H2,1-2H3.